The molecule has 0 spiro atoms. The molecule has 1 aromatic rings. The van der Waals surface area contributed by atoms with Gasteiger partial charge in [0, 0.05) is 11.8 Å². The Balaban J connectivity index is 3.31. The summed E-state index contributed by atoms with van der Waals surface area (Å²) in [4.78, 5) is 12.8. The van der Waals surface area contributed by atoms with Crippen molar-refractivity contribution in [3.8, 4) is 0 Å². The number of nitrogens with one attached hydrogen (secondary N) is 1. The molecule has 0 saturated heterocycles. The van der Waals surface area contributed by atoms with E-state index in [4.69, 9.17) is 40.1 Å². The van der Waals surface area contributed by atoms with E-state index >= 15 is 0 Å². The van der Waals surface area contributed by atoms with Gasteiger partial charge in [0.2, 0.25) is 0 Å². The summed E-state index contributed by atoms with van der Waals surface area (Å²) >= 11 is 16.7. The van der Waals surface area contributed by atoms with Crippen LogP contribution in [0.1, 0.15) is 10.4 Å². The van der Waals surface area contributed by atoms with Crippen LogP contribution in [-0.4, -0.2) is 11.1 Å². The van der Waals surface area contributed by atoms with E-state index in [1.54, 1.807) is 0 Å². The standard InChI is InChI=1S/C7H4Cl3NO2/c8-5-3(7(12)13)1-2-4(11-10)6(5)9/h1-2,11H,(H,12,13). The van der Waals surface area contributed by atoms with Gasteiger partial charge in [0.1, 0.15) is 0 Å². The molecule has 0 atom stereocenters. The summed E-state index contributed by atoms with van der Waals surface area (Å²) in [5.74, 6) is -1.13. The van der Waals surface area contributed by atoms with Gasteiger partial charge in [0.15, 0.2) is 0 Å². The Morgan fingerprint density at radius 1 is 1.31 bits per heavy atom. The van der Waals surface area contributed by atoms with E-state index < -0.39 is 5.97 Å². The molecule has 0 aliphatic rings. The number of aromatic carboxylic acids is 1. The van der Waals surface area contributed by atoms with Crippen molar-refractivity contribution >= 4 is 46.6 Å². The lowest BCUT2D eigenvalue weighted by Gasteiger charge is -2.05. The molecule has 0 fully saturated rings. The normalized spacial score (nSPS) is 9.77. The lowest BCUT2D eigenvalue weighted by atomic mass is 10.2. The maximum Gasteiger partial charge on any atom is 0.337 e. The van der Waals surface area contributed by atoms with Crippen molar-refractivity contribution in [2.45, 2.75) is 0 Å². The fraction of sp³-hybridized carbons (Fsp3) is 0. The van der Waals surface area contributed by atoms with E-state index in [-0.39, 0.29) is 15.6 Å². The Kier molecular flexibility index (Phi) is 3.25. The third kappa shape index (κ3) is 1.99. The predicted molar refractivity (Wildman–Crippen MR) is 52.9 cm³/mol. The Hall–Kier alpha value is -0.640. The third-order valence-corrected chi connectivity index (χ3v) is 2.50. The Morgan fingerprint density at radius 3 is 2.38 bits per heavy atom. The molecule has 13 heavy (non-hydrogen) atoms. The average molecular weight is 240 g/mol. The Bertz CT molecular complexity index is 354. The summed E-state index contributed by atoms with van der Waals surface area (Å²) in [6, 6.07) is 2.76. The summed E-state index contributed by atoms with van der Waals surface area (Å²) in [5.41, 5.74) is 0.320. The van der Waals surface area contributed by atoms with Crippen LogP contribution >= 0.6 is 35.0 Å². The molecule has 0 amide bonds. The molecule has 0 aliphatic heterocycles. The number of carboxylic acid groups (broad SMARTS) is 1. The fourth-order valence-electron chi connectivity index (χ4n) is 0.788. The molecule has 6 heteroatoms. The molecule has 0 unspecified atom stereocenters. The molecule has 0 heterocycles. The minimum absolute atomic E-state index is 0.0279. The molecule has 0 radical (unpaired) electrons. The third-order valence-electron chi connectivity index (χ3n) is 1.41. The maximum atomic E-state index is 10.6. The van der Waals surface area contributed by atoms with Gasteiger partial charge in [0.25, 0.3) is 0 Å². The summed E-state index contributed by atoms with van der Waals surface area (Å²) in [5, 5.41) is 8.72. The SMILES string of the molecule is O=C(O)c1ccc(NCl)c(Cl)c1Cl. The van der Waals surface area contributed by atoms with Crippen molar-refractivity contribution in [1.82, 2.24) is 0 Å². The van der Waals surface area contributed by atoms with Gasteiger partial charge in [0.05, 0.1) is 21.3 Å². The smallest absolute Gasteiger partial charge is 0.337 e. The highest BCUT2D eigenvalue weighted by molar-refractivity contribution is 6.46. The van der Waals surface area contributed by atoms with Crippen LogP contribution in [0.2, 0.25) is 10.0 Å². The second-order valence-corrected chi connectivity index (χ2v) is 3.13. The lowest BCUT2D eigenvalue weighted by molar-refractivity contribution is 0.0697. The van der Waals surface area contributed by atoms with E-state index in [9.17, 15) is 4.79 Å². The molecule has 0 saturated carbocycles. The number of hydrogen-bond donors (Lipinski definition) is 2. The zero-order chi connectivity index (χ0) is 10.0. The van der Waals surface area contributed by atoms with E-state index in [0.717, 1.165) is 0 Å². The fourth-order valence-corrected chi connectivity index (χ4v) is 1.45. The van der Waals surface area contributed by atoms with Crippen LogP contribution in [0.15, 0.2) is 12.1 Å². The van der Waals surface area contributed by atoms with E-state index in [1.165, 1.54) is 12.1 Å². The number of rotatable bonds is 2. The Labute approximate surface area is 89.3 Å². The number of anilines is 1. The molecule has 1 aromatic carbocycles. The number of halogens is 3. The van der Waals surface area contributed by atoms with Crippen LogP contribution in [-0.2, 0) is 0 Å². The van der Waals surface area contributed by atoms with Crippen molar-refractivity contribution < 1.29 is 9.90 Å². The van der Waals surface area contributed by atoms with Crippen molar-refractivity contribution in [1.29, 1.82) is 0 Å². The minimum Gasteiger partial charge on any atom is -0.478 e. The highest BCUT2D eigenvalue weighted by Gasteiger charge is 2.14. The van der Waals surface area contributed by atoms with E-state index in [2.05, 4.69) is 4.84 Å². The first-order chi connectivity index (χ1) is 6.07. The maximum absolute atomic E-state index is 10.6. The van der Waals surface area contributed by atoms with Gasteiger partial charge in [-0.1, -0.05) is 23.2 Å². The first kappa shape index (κ1) is 10.4. The molecular formula is C7H4Cl3NO2. The van der Waals surface area contributed by atoms with Crippen molar-refractivity contribution in [2.24, 2.45) is 0 Å². The quantitative estimate of drug-likeness (QED) is 0.780. The summed E-state index contributed by atoms with van der Waals surface area (Å²) in [6.45, 7) is 0. The van der Waals surface area contributed by atoms with Crippen LogP contribution < -0.4 is 4.84 Å². The molecule has 0 aromatic heterocycles. The van der Waals surface area contributed by atoms with E-state index in [1.807, 2.05) is 0 Å². The predicted octanol–water partition coefficient (Wildman–Crippen LogP) is 3.26. The van der Waals surface area contributed by atoms with Crippen LogP contribution in [0.3, 0.4) is 0 Å². The number of benzene rings is 1. The molecule has 70 valence electrons. The molecule has 1 rings (SSSR count). The van der Waals surface area contributed by atoms with Gasteiger partial charge in [-0.15, -0.1) is 0 Å². The molecule has 3 nitrogen and oxygen atoms in total. The topological polar surface area (TPSA) is 49.3 Å². The monoisotopic (exact) mass is 239 g/mol. The van der Waals surface area contributed by atoms with Crippen molar-refractivity contribution in [3.63, 3.8) is 0 Å². The number of carbonyl (C=O) groups is 1. The van der Waals surface area contributed by atoms with Crippen LogP contribution in [0.5, 0.6) is 0 Å². The summed E-state index contributed by atoms with van der Waals surface area (Å²) in [7, 11) is 0. The first-order valence-corrected chi connectivity index (χ1v) is 4.29. The Morgan fingerprint density at radius 2 is 1.92 bits per heavy atom. The zero-order valence-electron chi connectivity index (χ0n) is 6.14. The number of carboxylic acids is 1. The second-order valence-electron chi connectivity index (χ2n) is 2.19. The molecule has 2 N–H and O–H groups in total. The molecule has 0 aliphatic carbocycles. The number of hydrogen-bond acceptors (Lipinski definition) is 2. The van der Waals surface area contributed by atoms with Gasteiger partial charge < -0.3 is 5.11 Å². The van der Waals surface area contributed by atoms with Crippen LogP contribution in [0.25, 0.3) is 0 Å². The average Bonchev–Trinajstić information content (AvgIpc) is 2.09. The largest absolute Gasteiger partial charge is 0.478 e. The van der Waals surface area contributed by atoms with Gasteiger partial charge in [-0.25, -0.2) is 4.79 Å². The lowest BCUT2D eigenvalue weighted by Crippen LogP contribution is -1.98. The van der Waals surface area contributed by atoms with Crippen LogP contribution in [0, 0.1) is 0 Å². The minimum atomic E-state index is -1.13. The van der Waals surface area contributed by atoms with E-state index in [0.29, 0.717) is 5.69 Å². The van der Waals surface area contributed by atoms with Crippen LogP contribution in [0.4, 0.5) is 5.69 Å². The highest BCUT2D eigenvalue weighted by atomic mass is 35.5. The zero-order valence-corrected chi connectivity index (χ0v) is 8.41. The summed E-state index contributed by atoms with van der Waals surface area (Å²) in [6.07, 6.45) is 0. The van der Waals surface area contributed by atoms with Gasteiger partial charge >= 0.3 is 5.97 Å². The van der Waals surface area contributed by atoms with Gasteiger partial charge in [-0.3, -0.25) is 4.84 Å². The second kappa shape index (κ2) is 4.05. The van der Waals surface area contributed by atoms with Crippen molar-refractivity contribution in [3.05, 3.63) is 27.7 Å². The summed E-state index contributed by atoms with van der Waals surface area (Å²) < 4.78 is 0. The van der Waals surface area contributed by atoms with Crippen molar-refractivity contribution in [2.75, 3.05) is 4.84 Å². The molecular weight excluding hydrogens is 236 g/mol. The first-order valence-electron chi connectivity index (χ1n) is 3.16. The van der Waals surface area contributed by atoms with Gasteiger partial charge in [-0.05, 0) is 12.1 Å². The highest BCUT2D eigenvalue weighted by Crippen LogP contribution is 2.33. The van der Waals surface area contributed by atoms with Gasteiger partial charge in [-0.2, -0.15) is 0 Å². The molecule has 0 bridgehead atoms.